The van der Waals surface area contributed by atoms with Crippen LogP contribution in [0.2, 0.25) is 0 Å². The monoisotopic (exact) mass is 274 g/mol. The smallest absolute Gasteiger partial charge is 0.325 e. The Labute approximate surface area is 113 Å². The van der Waals surface area contributed by atoms with Gasteiger partial charge in [-0.25, -0.2) is 4.79 Å². The van der Waals surface area contributed by atoms with Crippen LogP contribution in [0.25, 0.3) is 0 Å². The van der Waals surface area contributed by atoms with E-state index in [4.69, 9.17) is 9.84 Å². The molecule has 0 heterocycles. The average molecular weight is 274 g/mol. The van der Waals surface area contributed by atoms with Crippen molar-refractivity contribution in [3.8, 4) is 0 Å². The first-order valence-electron chi connectivity index (χ1n) is 6.29. The number of hydrogen-bond donors (Lipinski definition) is 1. The number of nitrogens with zero attached hydrogens (tertiary/aromatic N) is 2. The molecule has 0 unspecified atom stereocenters. The lowest BCUT2D eigenvalue weighted by Crippen LogP contribution is -2.44. The first-order chi connectivity index (χ1) is 8.92. The van der Waals surface area contributed by atoms with E-state index in [2.05, 4.69) is 0 Å². The predicted octanol–water partition coefficient (Wildman–Crippen LogP) is 0.788. The van der Waals surface area contributed by atoms with Gasteiger partial charge in [0.15, 0.2) is 0 Å². The molecule has 0 aliphatic heterocycles. The van der Waals surface area contributed by atoms with E-state index < -0.39 is 11.9 Å². The van der Waals surface area contributed by atoms with Crippen molar-refractivity contribution < 1.29 is 24.2 Å². The summed E-state index contributed by atoms with van der Waals surface area (Å²) in [6, 6.07) is -0.305. The second-order valence-electron chi connectivity index (χ2n) is 4.02. The normalized spacial score (nSPS) is 9.84. The highest BCUT2D eigenvalue weighted by molar-refractivity contribution is 5.80. The Morgan fingerprint density at radius 2 is 1.84 bits per heavy atom. The number of carboxylic acid groups (broad SMARTS) is 1. The molecule has 2 amide bonds. The fourth-order valence-corrected chi connectivity index (χ4v) is 1.48. The molecule has 0 fully saturated rings. The van der Waals surface area contributed by atoms with E-state index in [-0.39, 0.29) is 25.6 Å². The Morgan fingerprint density at radius 1 is 1.21 bits per heavy atom. The van der Waals surface area contributed by atoms with Crippen molar-refractivity contribution in [3.63, 3.8) is 0 Å². The van der Waals surface area contributed by atoms with E-state index in [9.17, 15) is 14.4 Å². The molecule has 19 heavy (non-hydrogen) atoms. The number of esters is 1. The summed E-state index contributed by atoms with van der Waals surface area (Å²) >= 11 is 0. The molecule has 1 N–H and O–H groups in total. The minimum Gasteiger partial charge on any atom is -0.481 e. The number of likely N-dealkylation sites (N-methyl/N-ethyl adjacent to an activating group) is 1. The first-order valence-corrected chi connectivity index (χ1v) is 6.29. The highest BCUT2D eigenvalue weighted by atomic mass is 16.5. The first kappa shape index (κ1) is 17.2. The fourth-order valence-electron chi connectivity index (χ4n) is 1.48. The molecule has 0 rings (SSSR count). The van der Waals surface area contributed by atoms with E-state index in [1.807, 2.05) is 0 Å². The van der Waals surface area contributed by atoms with Gasteiger partial charge in [0.1, 0.15) is 6.54 Å². The van der Waals surface area contributed by atoms with Crippen molar-refractivity contribution >= 4 is 18.0 Å². The van der Waals surface area contributed by atoms with Gasteiger partial charge in [-0.05, 0) is 20.3 Å². The van der Waals surface area contributed by atoms with Crippen LogP contribution in [0.4, 0.5) is 4.79 Å². The summed E-state index contributed by atoms with van der Waals surface area (Å²) in [7, 11) is 1.58. The molecule has 0 saturated heterocycles. The van der Waals surface area contributed by atoms with Crippen LogP contribution in [0, 0.1) is 0 Å². The van der Waals surface area contributed by atoms with Crippen molar-refractivity contribution in [1.82, 2.24) is 9.80 Å². The van der Waals surface area contributed by atoms with Gasteiger partial charge < -0.3 is 19.6 Å². The summed E-state index contributed by atoms with van der Waals surface area (Å²) in [6.45, 7) is 4.38. The van der Waals surface area contributed by atoms with Crippen molar-refractivity contribution in [2.45, 2.75) is 26.7 Å². The zero-order valence-electron chi connectivity index (χ0n) is 11.7. The lowest BCUT2D eigenvalue weighted by atomic mass is 10.3. The molecule has 0 spiro atoms. The average Bonchev–Trinajstić information content (AvgIpc) is 2.34. The molecule has 0 bridgehead atoms. The number of aliphatic carboxylic acids is 1. The second kappa shape index (κ2) is 9.18. The van der Waals surface area contributed by atoms with E-state index in [0.717, 1.165) is 0 Å². The Morgan fingerprint density at radius 3 is 2.32 bits per heavy atom. The minimum absolute atomic E-state index is 0.0155. The number of urea groups is 1. The maximum absolute atomic E-state index is 12.0. The molecular weight excluding hydrogens is 252 g/mol. The highest BCUT2D eigenvalue weighted by Crippen LogP contribution is 2.00. The van der Waals surface area contributed by atoms with Crippen LogP contribution in [0.15, 0.2) is 0 Å². The quantitative estimate of drug-likeness (QED) is 0.661. The fraction of sp³-hybridized carbons (Fsp3) is 0.750. The van der Waals surface area contributed by atoms with Crippen LogP contribution < -0.4 is 0 Å². The molecule has 0 aromatic heterocycles. The molecule has 0 atom stereocenters. The third kappa shape index (κ3) is 7.28. The largest absolute Gasteiger partial charge is 0.481 e. The lowest BCUT2D eigenvalue weighted by Gasteiger charge is -2.26. The number of carbonyl (C=O) groups excluding carboxylic acids is 2. The van der Waals surface area contributed by atoms with Gasteiger partial charge in [0.25, 0.3) is 0 Å². The summed E-state index contributed by atoms with van der Waals surface area (Å²) in [5.41, 5.74) is 0. The number of ether oxygens (including phenoxy) is 1. The summed E-state index contributed by atoms with van der Waals surface area (Å²) in [5, 5.41) is 8.52. The van der Waals surface area contributed by atoms with E-state index in [1.165, 1.54) is 9.80 Å². The Kier molecular flexibility index (Phi) is 8.32. The van der Waals surface area contributed by atoms with Crippen molar-refractivity contribution in [1.29, 1.82) is 0 Å². The zero-order valence-corrected chi connectivity index (χ0v) is 11.7. The van der Waals surface area contributed by atoms with Gasteiger partial charge in [-0.2, -0.15) is 0 Å². The molecular formula is C12H22N2O5. The Bertz CT molecular complexity index is 319. The van der Waals surface area contributed by atoms with Crippen molar-refractivity contribution in [2.24, 2.45) is 0 Å². The number of carbonyl (C=O) groups is 3. The van der Waals surface area contributed by atoms with Crippen LogP contribution in [0.3, 0.4) is 0 Å². The number of rotatable bonds is 8. The summed E-state index contributed by atoms with van der Waals surface area (Å²) in [6.07, 6.45) is 0.399. The predicted molar refractivity (Wildman–Crippen MR) is 68.8 cm³/mol. The number of carboxylic acids is 1. The van der Waals surface area contributed by atoms with Gasteiger partial charge >= 0.3 is 18.0 Å². The maximum atomic E-state index is 12.0. The highest BCUT2D eigenvalue weighted by Gasteiger charge is 2.19. The molecule has 7 heteroatoms. The molecule has 0 aliphatic rings. The SMILES string of the molecule is CCOC(=O)CN(CC)C(=O)N(C)CCCC(=O)O. The third-order valence-electron chi connectivity index (χ3n) is 2.49. The molecule has 0 aromatic rings. The second-order valence-corrected chi connectivity index (χ2v) is 4.02. The topological polar surface area (TPSA) is 87.2 Å². The van der Waals surface area contributed by atoms with Crippen molar-refractivity contribution in [2.75, 3.05) is 33.3 Å². The van der Waals surface area contributed by atoms with Crippen molar-refractivity contribution in [3.05, 3.63) is 0 Å². The molecule has 0 aliphatic carbocycles. The maximum Gasteiger partial charge on any atom is 0.325 e. The lowest BCUT2D eigenvalue weighted by molar-refractivity contribution is -0.143. The third-order valence-corrected chi connectivity index (χ3v) is 2.49. The van der Waals surface area contributed by atoms with E-state index in [1.54, 1.807) is 20.9 Å². The number of amides is 2. The standard InChI is InChI=1S/C12H22N2O5/c1-4-14(9-11(17)19-5-2)12(18)13(3)8-6-7-10(15)16/h4-9H2,1-3H3,(H,15,16). The van der Waals surface area contributed by atoms with Gasteiger partial charge in [-0.1, -0.05) is 0 Å². The molecule has 0 saturated carbocycles. The van der Waals surface area contributed by atoms with E-state index in [0.29, 0.717) is 19.5 Å². The zero-order chi connectivity index (χ0) is 14.8. The van der Waals surface area contributed by atoms with Crippen LogP contribution in [-0.4, -0.2) is 66.2 Å². The molecule has 0 aromatic carbocycles. The van der Waals surface area contributed by atoms with Crippen LogP contribution in [0.1, 0.15) is 26.7 Å². The molecule has 7 nitrogen and oxygen atoms in total. The summed E-state index contributed by atoms with van der Waals surface area (Å²) in [4.78, 5) is 36.5. The molecule has 110 valence electrons. The Balaban J connectivity index is 4.24. The van der Waals surface area contributed by atoms with Gasteiger partial charge in [0.2, 0.25) is 0 Å². The molecule has 0 radical (unpaired) electrons. The van der Waals surface area contributed by atoms with Gasteiger partial charge in [-0.15, -0.1) is 0 Å². The van der Waals surface area contributed by atoms with Gasteiger partial charge in [0, 0.05) is 26.6 Å². The van der Waals surface area contributed by atoms with Crippen LogP contribution >= 0.6 is 0 Å². The van der Waals surface area contributed by atoms with Gasteiger partial charge in [0.05, 0.1) is 6.61 Å². The van der Waals surface area contributed by atoms with Crippen LogP contribution in [0.5, 0.6) is 0 Å². The summed E-state index contributed by atoms with van der Waals surface area (Å²) < 4.78 is 4.79. The van der Waals surface area contributed by atoms with Crippen LogP contribution in [-0.2, 0) is 14.3 Å². The van der Waals surface area contributed by atoms with E-state index >= 15 is 0 Å². The van der Waals surface area contributed by atoms with Gasteiger partial charge in [-0.3, -0.25) is 9.59 Å². The Hall–Kier alpha value is -1.79. The summed E-state index contributed by atoms with van der Waals surface area (Å²) in [5.74, 6) is -1.34. The number of hydrogen-bond acceptors (Lipinski definition) is 4. The minimum atomic E-state index is -0.889.